The molecule has 2 amide bonds. The molecule has 0 aliphatic carbocycles. The van der Waals surface area contributed by atoms with Crippen LogP contribution in [0, 0.1) is 5.82 Å². The Bertz CT molecular complexity index is 1350. The summed E-state index contributed by atoms with van der Waals surface area (Å²) in [5.41, 5.74) is 4.60. The van der Waals surface area contributed by atoms with E-state index < -0.39 is 6.04 Å². The first-order chi connectivity index (χ1) is 17.1. The van der Waals surface area contributed by atoms with Gasteiger partial charge in [0.1, 0.15) is 24.2 Å². The van der Waals surface area contributed by atoms with Crippen molar-refractivity contribution < 1.29 is 18.7 Å². The van der Waals surface area contributed by atoms with Crippen molar-refractivity contribution in [3.8, 4) is 17.0 Å². The molecule has 0 saturated carbocycles. The van der Waals surface area contributed by atoms with Gasteiger partial charge in [-0.25, -0.2) is 4.39 Å². The van der Waals surface area contributed by atoms with Gasteiger partial charge in [-0.15, -0.1) is 0 Å². The van der Waals surface area contributed by atoms with Crippen LogP contribution >= 0.6 is 0 Å². The number of aromatic nitrogens is 1. The summed E-state index contributed by atoms with van der Waals surface area (Å²) < 4.78 is 19.6. The highest BCUT2D eigenvalue weighted by molar-refractivity contribution is 5.93. The van der Waals surface area contributed by atoms with Crippen molar-refractivity contribution in [2.45, 2.75) is 31.9 Å². The Labute approximate surface area is 202 Å². The number of hydrogen-bond acceptors (Lipinski definition) is 3. The van der Waals surface area contributed by atoms with Crippen molar-refractivity contribution in [1.29, 1.82) is 0 Å². The fourth-order valence-corrected chi connectivity index (χ4v) is 4.42. The molecular weight excluding hydrogens is 445 g/mol. The third-order valence-electron chi connectivity index (χ3n) is 6.24. The Morgan fingerprint density at radius 2 is 1.86 bits per heavy atom. The number of hydrogen-bond donors (Lipinski definition) is 3. The molecule has 5 rings (SSSR count). The number of ether oxygens (including phenoxy) is 1. The number of halogens is 1. The molecule has 1 atom stereocenters. The lowest BCUT2D eigenvalue weighted by Crippen LogP contribution is -2.40. The van der Waals surface area contributed by atoms with Crippen LogP contribution in [0.2, 0.25) is 0 Å². The fraction of sp³-hybridized carbons (Fsp3) is 0.214. The summed E-state index contributed by atoms with van der Waals surface area (Å²) in [4.78, 5) is 27.9. The molecule has 1 saturated heterocycles. The van der Waals surface area contributed by atoms with Crippen molar-refractivity contribution in [2.75, 3.05) is 6.54 Å². The topological polar surface area (TPSA) is 83.2 Å². The van der Waals surface area contributed by atoms with Crippen LogP contribution in [0.4, 0.5) is 4.39 Å². The number of rotatable bonds is 8. The summed E-state index contributed by atoms with van der Waals surface area (Å²) in [6.07, 6.45) is 1.27. The largest absolute Gasteiger partial charge is 0.489 e. The molecule has 35 heavy (non-hydrogen) atoms. The first kappa shape index (κ1) is 22.7. The minimum Gasteiger partial charge on any atom is -0.489 e. The summed E-state index contributed by atoms with van der Waals surface area (Å²) in [6, 6.07) is 21.6. The minimum absolute atomic E-state index is 0.141. The SMILES string of the molecule is O=C(CCc1c(-c2ccc(F)cc2)[nH]c2ccc(OCc3ccccc3)cc12)N[C@H]1CCNC1=O. The number of carbonyl (C=O) groups is 2. The normalized spacial score (nSPS) is 15.2. The summed E-state index contributed by atoms with van der Waals surface area (Å²) in [5.74, 6) is 0.0946. The second-order valence-electron chi connectivity index (χ2n) is 8.67. The van der Waals surface area contributed by atoms with Crippen LogP contribution in [0.5, 0.6) is 5.75 Å². The summed E-state index contributed by atoms with van der Waals surface area (Å²) in [5, 5.41) is 6.50. The molecule has 7 heteroatoms. The molecule has 0 unspecified atom stereocenters. The van der Waals surface area contributed by atoms with Crippen LogP contribution in [0.25, 0.3) is 22.2 Å². The average molecular weight is 472 g/mol. The van der Waals surface area contributed by atoms with E-state index in [1.807, 2.05) is 48.5 Å². The minimum atomic E-state index is -0.472. The molecule has 6 nitrogen and oxygen atoms in total. The van der Waals surface area contributed by atoms with E-state index in [1.54, 1.807) is 12.1 Å². The van der Waals surface area contributed by atoms with E-state index in [2.05, 4.69) is 15.6 Å². The van der Waals surface area contributed by atoms with Gasteiger partial charge in [0.15, 0.2) is 0 Å². The zero-order valence-corrected chi connectivity index (χ0v) is 19.1. The Morgan fingerprint density at radius 1 is 1.06 bits per heavy atom. The number of benzene rings is 3. The van der Waals surface area contributed by atoms with E-state index in [0.717, 1.165) is 39.0 Å². The van der Waals surface area contributed by atoms with Gasteiger partial charge in [0, 0.05) is 29.6 Å². The predicted molar refractivity (Wildman–Crippen MR) is 132 cm³/mol. The van der Waals surface area contributed by atoms with Gasteiger partial charge in [0.25, 0.3) is 0 Å². The highest BCUT2D eigenvalue weighted by Gasteiger charge is 2.25. The molecule has 0 radical (unpaired) electrons. The molecule has 3 N–H and O–H groups in total. The smallest absolute Gasteiger partial charge is 0.242 e. The predicted octanol–water partition coefficient (Wildman–Crippen LogP) is 4.49. The van der Waals surface area contributed by atoms with E-state index in [0.29, 0.717) is 26.0 Å². The van der Waals surface area contributed by atoms with Crippen molar-refractivity contribution in [3.63, 3.8) is 0 Å². The number of aromatic amines is 1. The van der Waals surface area contributed by atoms with Gasteiger partial charge in [-0.1, -0.05) is 30.3 Å². The van der Waals surface area contributed by atoms with Gasteiger partial charge in [-0.3, -0.25) is 9.59 Å². The highest BCUT2D eigenvalue weighted by Crippen LogP contribution is 2.34. The van der Waals surface area contributed by atoms with Gasteiger partial charge in [-0.05, 0) is 72.0 Å². The van der Waals surface area contributed by atoms with E-state index in [9.17, 15) is 14.0 Å². The van der Waals surface area contributed by atoms with Gasteiger partial charge in [-0.2, -0.15) is 0 Å². The Balaban J connectivity index is 1.41. The Hall–Kier alpha value is -4.13. The Morgan fingerprint density at radius 3 is 2.60 bits per heavy atom. The summed E-state index contributed by atoms with van der Waals surface area (Å²) in [7, 11) is 0. The molecule has 178 valence electrons. The molecular formula is C28H26FN3O3. The molecule has 1 aliphatic heterocycles. The number of aryl methyl sites for hydroxylation is 1. The number of fused-ring (bicyclic) bond motifs is 1. The van der Waals surface area contributed by atoms with Crippen LogP contribution in [0.1, 0.15) is 24.0 Å². The average Bonchev–Trinajstić information content (AvgIpc) is 3.45. The van der Waals surface area contributed by atoms with Crippen molar-refractivity contribution in [3.05, 3.63) is 89.7 Å². The lowest BCUT2D eigenvalue weighted by atomic mass is 10.0. The lowest BCUT2D eigenvalue weighted by Gasteiger charge is -2.11. The molecule has 3 aromatic carbocycles. The molecule has 0 bridgehead atoms. The standard InChI is InChI=1S/C28H26FN3O3/c29-20-8-6-19(7-9-20)27-22(11-13-26(33)31-25-14-15-30-28(25)34)23-16-21(10-12-24(23)32-27)35-17-18-4-2-1-3-5-18/h1-10,12,16,25,32H,11,13-15,17H2,(H,30,34)(H,31,33)/t25-/m0/s1. The van der Waals surface area contributed by atoms with E-state index in [4.69, 9.17) is 4.74 Å². The highest BCUT2D eigenvalue weighted by atomic mass is 19.1. The van der Waals surface area contributed by atoms with Crippen molar-refractivity contribution in [2.24, 2.45) is 0 Å². The second-order valence-corrected chi connectivity index (χ2v) is 8.67. The zero-order chi connectivity index (χ0) is 24.2. The summed E-state index contributed by atoms with van der Waals surface area (Å²) in [6.45, 7) is 1.02. The summed E-state index contributed by atoms with van der Waals surface area (Å²) >= 11 is 0. The van der Waals surface area contributed by atoms with Crippen LogP contribution < -0.4 is 15.4 Å². The maximum absolute atomic E-state index is 13.6. The number of amides is 2. The molecule has 1 aliphatic rings. The van der Waals surface area contributed by atoms with Gasteiger partial charge >= 0.3 is 0 Å². The van der Waals surface area contributed by atoms with Gasteiger partial charge in [0.2, 0.25) is 11.8 Å². The number of H-pyrrole nitrogens is 1. The second kappa shape index (κ2) is 10.0. The Kier molecular flexibility index (Phi) is 6.48. The molecule has 1 aromatic heterocycles. The van der Waals surface area contributed by atoms with Gasteiger partial charge < -0.3 is 20.4 Å². The van der Waals surface area contributed by atoms with Gasteiger partial charge in [0.05, 0.1) is 0 Å². The fourth-order valence-electron chi connectivity index (χ4n) is 4.42. The lowest BCUT2D eigenvalue weighted by molar-refractivity contribution is -0.127. The number of nitrogens with one attached hydrogen (secondary N) is 3. The maximum atomic E-state index is 13.6. The van der Waals surface area contributed by atoms with Crippen LogP contribution in [-0.2, 0) is 22.6 Å². The monoisotopic (exact) mass is 471 g/mol. The van der Waals surface area contributed by atoms with E-state index >= 15 is 0 Å². The molecule has 2 heterocycles. The first-order valence-corrected chi connectivity index (χ1v) is 11.7. The first-order valence-electron chi connectivity index (χ1n) is 11.7. The maximum Gasteiger partial charge on any atom is 0.242 e. The van der Waals surface area contributed by atoms with Crippen LogP contribution in [0.3, 0.4) is 0 Å². The van der Waals surface area contributed by atoms with E-state index in [1.165, 1.54) is 12.1 Å². The molecule has 4 aromatic rings. The van der Waals surface area contributed by atoms with Crippen LogP contribution in [0.15, 0.2) is 72.8 Å². The number of carbonyl (C=O) groups excluding carboxylic acids is 2. The zero-order valence-electron chi connectivity index (χ0n) is 19.1. The van der Waals surface area contributed by atoms with Crippen LogP contribution in [-0.4, -0.2) is 29.4 Å². The van der Waals surface area contributed by atoms with Crippen molar-refractivity contribution in [1.82, 2.24) is 15.6 Å². The van der Waals surface area contributed by atoms with Crippen molar-refractivity contribution >= 4 is 22.7 Å². The molecule has 1 fully saturated rings. The third kappa shape index (κ3) is 5.19. The van der Waals surface area contributed by atoms with E-state index in [-0.39, 0.29) is 24.1 Å². The third-order valence-corrected chi connectivity index (χ3v) is 6.24. The quantitative estimate of drug-likeness (QED) is 0.354. The molecule has 0 spiro atoms.